The number of benzene rings is 1. The first-order chi connectivity index (χ1) is 27.4. The summed E-state index contributed by atoms with van der Waals surface area (Å²) >= 11 is 0. The van der Waals surface area contributed by atoms with Gasteiger partial charge in [0.25, 0.3) is 0 Å². The monoisotopic (exact) mass is 796 g/mol. The van der Waals surface area contributed by atoms with Gasteiger partial charge in [0.1, 0.15) is 28.4 Å². The number of ketones is 2. The van der Waals surface area contributed by atoms with E-state index in [1.165, 1.54) is 5.57 Å². The predicted molar refractivity (Wildman–Crippen MR) is 224 cm³/mol. The lowest BCUT2D eigenvalue weighted by atomic mass is 9.44. The molecule has 0 aromatic heterocycles. The molecule has 5 aliphatic heterocycles. The van der Waals surface area contributed by atoms with Crippen molar-refractivity contribution in [3.8, 4) is 17.2 Å². The van der Waals surface area contributed by atoms with Crippen molar-refractivity contribution in [1.29, 1.82) is 0 Å². The van der Waals surface area contributed by atoms with Crippen molar-refractivity contribution < 1.29 is 33.7 Å². The Hall–Kier alpha value is -3.77. The number of phenolic OH excluding ortho intramolecular Hbond substituents is 1. The molecule has 1 aromatic rings. The Kier molecular flexibility index (Phi) is 10.4. The average Bonchev–Trinajstić information content (AvgIpc) is 3.30. The highest BCUT2D eigenvalue weighted by Crippen LogP contribution is 2.71. The number of nitrogens with zero attached hydrogens (tertiary/aromatic N) is 4. The van der Waals surface area contributed by atoms with Gasteiger partial charge in [0.2, 0.25) is 5.91 Å². The van der Waals surface area contributed by atoms with Crippen molar-refractivity contribution in [2.24, 2.45) is 17.8 Å². The summed E-state index contributed by atoms with van der Waals surface area (Å²) in [5.41, 5.74) is -0.782. The molecule has 8 aliphatic rings. The summed E-state index contributed by atoms with van der Waals surface area (Å²) in [6, 6.07) is -0.429. The summed E-state index contributed by atoms with van der Waals surface area (Å²) in [6.07, 6.45) is 14.1. The van der Waals surface area contributed by atoms with Gasteiger partial charge in [-0.25, -0.2) is 0 Å². The number of carbonyl (C=O) groups excluding carboxylic acids is 3. The Labute approximate surface area is 344 Å². The molecule has 11 nitrogen and oxygen atoms in total. The number of aromatic hydroxyl groups is 1. The Bertz CT molecular complexity index is 1990. The maximum atomic E-state index is 15.9. The van der Waals surface area contributed by atoms with E-state index in [1.54, 1.807) is 12.2 Å². The van der Waals surface area contributed by atoms with Crippen LogP contribution < -0.4 is 9.47 Å². The zero-order chi connectivity index (χ0) is 41.5. The van der Waals surface area contributed by atoms with Crippen LogP contribution in [0.1, 0.15) is 95.6 Å². The van der Waals surface area contributed by atoms with E-state index in [-0.39, 0.29) is 46.9 Å². The van der Waals surface area contributed by atoms with E-state index in [0.29, 0.717) is 55.9 Å². The minimum absolute atomic E-state index is 0.0542. The van der Waals surface area contributed by atoms with Crippen LogP contribution in [-0.2, 0) is 20.7 Å². The van der Waals surface area contributed by atoms with Gasteiger partial charge >= 0.3 is 0 Å². The molecular formula is C47H64N4O7. The van der Waals surface area contributed by atoms with Gasteiger partial charge in [-0.05, 0) is 106 Å². The summed E-state index contributed by atoms with van der Waals surface area (Å²) in [7, 11) is 4.15. The van der Waals surface area contributed by atoms with Crippen LogP contribution >= 0.6 is 0 Å². The molecule has 58 heavy (non-hydrogen) atoms. The molecule has 1 aromatic carbocycles. The summed E-state index contributed by atoms with van der Waals surface area (Å²) in [4.78, 5) is 53.6. The molecule has 7 atom stereocenters. The van der Waals surface area contributed by atoms with E-state index in [4.69, 9.17) is 14.2 Å². The van der Waals surface area contributed by atoms with Crippen molar-refractivity contribution in [3.05, 3.63) is 58.2 Å². The molecule has 314 valence electrons. The molecule has 3 unspecified atom stereocenters. The van der Waals surface area contributed by atoms with Crippen molar-refractivity contribution in [2.45, 2.75) is 109 Å². The lowest BCUT2D eigenvalue weighted by Crippen LogP contribution is -2.82. The molecule has 1 amide bonds. The number of likely N-dealkylation sites (N-methyl/N-ethyl adjacent to an activating group) is 2. The molecule has 4 bridgehead atoms. The molecule has 6 fully saturated rings. The third-order valence-corrected chi connectivity index (χ3v) is 14.5. The van der Waals surface area contributed by atoms with Crippen LogP contribution in [0.4, 0.5) is 0 Å². The van der Waals surface area contributed by atoms with Crippen LogP contribution in [0.5, 0.6) is 17.2 Å². The molecule has 0 radical (unpaired) electrons. The number of allylic oxidation sites excluding steroid dienone is 4. The van der Waals surface area contributed by atoms with Crippen molar-refractivity contribution in [2.75, 3.05) is 66.5 Å². The van der Waals surface area contributed by atoms with Crippen molar-refractivity contribution in [3.63, 3.8) is 0 Å². The Morgan fingerprint density at radius 1 is 0.897 bits per heavy atom. The number of fused-ring (bicyclic) bond motifs is 2. The predicted octanol–water partition coefficient (Wildman–Crippen LogP) is 5.84. The topological polar surface area (TPSA) is 112 Å². The number of ether oxygens (including phenoxy) is 3. The lowest BCUT2D eigenvalue weighted by Gasteiger charge is -2.65. The Morgan fingerprint density at radius 3 is 2.21 bits per heavy atom. The number of phenols is 1. The lowest BCUT2D eigenvalue weighted by molar-refractivity contribution is -0.214. The molecule has 1 spiro atoms. The highest BCUT2D eigenvalue weighted by Gasteiger charge is 2.85. The van der Waals surface area contributed by atoms with Gasteiger partial charge in [-0.3, -0.25) is 19.3 Å². The number of Topliss-reactive ketones (excluding diaryl/α,β-unsaturated/α-hetero) is 2. The molecule has 5 heterocycles. The maximum Gasteiger partial charge on any atom is 0.246 e. The molecule has 11 heteroatoms. The quantitative estimate of drug-likeness (QED) is 0.242. The minimum atomic E-state index is -1.54. The first-order valence-corrected chi connectivity index (χ1v) is 21.5. The summed E-state index contributed by atoms with van der Waals surface area (Å²) < 4.78 is 21.7. The molecule has 1 N–H and O–H groups in total. The summed E-state index contributed by atoms with van der Waals surface area (Å²) in [5.74, 6) is -1.30. The van der Waals surface area contributed by atoms with E-state index in [9.17, 15) is 9.90 Å². The third-order valence-electron chi connectivity index (χ3n) is 14.5. The fraction of sp³-hybridized carbons (Fsp3) is 0.638. The summed E-state index contributed by atoms with van der Waals surface area (Å²) in [6.45, 7) is 20.3. The highest BCUT2D eigenvalue weighted by molar-refractivity contribution is 6.10. The number of carbonyl (C=O) groups is 3. The number of amides is 1. The molecule has 3 saturated carbocycles. The molecule has 9 rings (SSSR count). The number of hydrogen-bond acceptors (Lipinski definition) is 10. The van der Waals surface area contributed by atoms with Gasteiger partial charge in [0.15, 0.2) is 22.8 Å². The Balaban J connectivity index is 1.30. The Morgan fingerprint density at radius 2 is 1.55 bits per heavy atom. The van der Waals surface area contributed by atoms with Crippen LogP contribution in [0.15, 0.2) is 41.5 Å². The van der Waals surface area contributed by atoms with Gasteiger partial charge in [-0.1, -0.05) is 29.4 Å². The third kappa shape index (κ3) is 6.41. The van der Waals surface area contributed by atoms with Crippen LogP contribution in [0, 0.1) is 17.8 Å². The van der Waals surface area contributed by atoms with E-state index in [1.807, 2.05) is 44.7 Å². The second-order valence-corrected chi connectivity index (χ2v) is 19.4. The zero-order valence-electron chi connectivity index (χ0n) is 36.2. The van der Waals surface area contributed by atoms with E-state index in [0.717, 1.165) is 44.6 Å². The van der Waals surface area contributed by atoms with Gasteiger partial charge in [-0.2, -0.15) is 0 Å². The van der Waals surface area contributed by atoms with Crippen molar-refractivity contribution in [1.82, 2.24) is 19.6 Å². The van der Waals surface area contributed by atoms with Crippen LogP contribution in [0.2, 0.25) is 0 Å². The van der Waals surface area contributed by atoms with Crippen LogP contribution in [-0.4, -0.2) is 137 Å². The van der Waals surface area contributed by atoms with Crippen LogP contribution in [0.25, 0.3) is 6.08 Å². The first kappa shape index (κ1) is 41.0. The average molecular weight is 797 g/mol. The second-order valence-electron chi connectivity index (χ2n) is 19.4. The van der Waals surface area contributed by atoms with Crippen LogP contribution in [0.3, 0.4) is 0 Å². The van der Waals surface area contributed by atoms with Gasteiger partial charge in [-0.15, -0.1) is 0 Å². The van der Waals surface area contributed by atoms with Crippen molar-refractivity contribution >= 4 is 23.5 Å². The second kappa shape index (κ2) is 14.7. The fourth-order valence-electron chi connectivity index (χ4n) is 11.4. The van der Waals surface area contributed by atoms with E-state index < -0.39 is 40.3 Å². The van der Waals surface area contributed by atoms with Gasteiger partial charge in [0, 0.05) is 82.2 Å². The maximum absolute atomic E-state index is 15.9. The highest BCUT2D eigenvalue weighted by atomic mass is 16.6. The minimum Gasteiger partial charge on any atom is -0.506 e. The first-order valence-electron chi connectivity index (χ1n) is 21.5. The molecule has 3 aliphatic carbocycles. The van der Waals surface area contributed by atoms with Gasteiger partial charge < -0.3 is 34.0 Å². The normalized spacial score (nSPS) is 34.0. The fourth-order valence-corrected chi connectivity index (χ4v) is 11.4. The SMILES string of the molecule is CC(C)=CCC[C@]1(C)C=Cc2c(O)c3c(c(CC=C(C)C)c2O1)O[C@]12C(C3=O)C(N3CCN(C)CC3)[C@@H]3CC1C(C)(C)O[C@@]2(C/C=C/C(=O)N1CCN(C)CC1)C3=O. The van der Waals surface area contributed by atoms with E-state index in [2.05, 4.69) is 61.7 Å². The molecule has 3 saturated heterocycles. The summed E-state index contributed by atoms with van der Waals surface area (Å²) in [5, 5.41) is 12.3. The smallest absolute Gasteiger partial charge is 0.246 e. The number of hydrogen-bond donors (Lipinski definition) is 1. The molecular weight excluding hydrogens is 733 g/mol. The number of rotatable bonds is 9. The largest absolute Gasteiger partial charge is 0.506 e. The zero-order valence-corrected chi connectivity index (χ0v) is 36.2. The van der Waals surface area contributed by atoms with Gasteiger partial charge in [0.05, 0.1) is 17.1 Å². The number of piperazine rings is 2. The standard InChI is InChI=1S/C47H64N4O7/c1-29(2)12-10-17-45(7)19-16-31-39(53)36-40(54)37-38(51-26-22-49(9)23-27-51)33-28-34-44(5,6)58-46(43(33)55,18-11-13-35(52)50-24-20-48(8)21-25-50)47(34,37)57-42(36)32(41(31)56-45)15-14-30(3)4/h11-14,16,19,33-34,37-38,53H,10,15,17-18,20-28H2,1-9H3/b13-11+/t33-,34?,37?,38?,45+,46-,47-/m0/s1. The van der Waals surface area contributed by atoms with E-state index >= 15 is 9.59 Å².